The van der Waals surface area contributed by atoms with Crippen LogP contribution in [0.25, 0.3) is 16.3 Å². The Morgan fingerprint density at radius 3 is 3.08 bits per heavy atom. The molecule has 6 nitrogen and oxygen atoms in total. The normalized spacial score (nSPS) is 11.4. The number of nitrogens with one attached hydrogen (secondary N) is 1. The summed E-state index contributed by atoms with van der Waals surface area (Å²) in [6, 6.07) is 11.5. The van der Waals surface area contributed by atoms with Crippen LogP contribution in [0.3, 0.4) is 0 Å². The fraction of sp³-hybridized carbons (Fsp3) is 0.0556. The van der Waals surface area contributed by atoms with Gasteiger partial charge >= 0.3 is 0 Å². The molecule has 130 valence electrons. The summed E-state index contributed by atoms with van der Waals surface area (Å²) < 4.78 is 8.58. The molecule has 0 saturated carbocycles. The van der Waals surface area contributed by atoms with E-state index in [0.29, 0.717) is 11.5 Å². The number of rotatable bonds is 5. The maximum Gasteiger partial charge on any atom is 0.246 e. The molecule has 26 heavy (non-hydrogen) atoms. The largest absolute Gasteiger partial charge is 0.455 e. The average molecular weight is 429 g/mol. The molecule has 3 heterocycles. The van der Waals surface area contributed by atoms with Crippen molar-refractivity contribution in [2.45, 2.75) is 6.42 Å². The summed E-state index contributed by atoms with van der Waals surface area (Å²) in [5.41, 5.74) is 4.15. The molecule has 0 unspecified atom stereocenters. The van der Waals surface area contributed by atoms with Gasteiger partial charge in [-0.3, -0.25) is 9.20 Å². The van der Waals surface area contributed by atoms with Crippen LogP contribution in [0.2, 0.25) is 0 Å². The van der Waals surface area contributed by atoms with E-state index in [1.807, 2.05) is 52.5 Å². The van der Waals surface area contributed by atoms with E-state index in [1.54, 1.807) is 6.07 Å². The lowest BCUT2D eigenvalue weighted by molar-refractivity contribution is -0.120. The van der Waals surface area contributed by atoms with E-state index in [1.165, 1.54) is 17.6 Å². The third-order valence-electron chi connectivity index (χ3n) is 3.63. The maximum atomic E-state index is 12.0. The number of hydrogen-bond acceptors (Lipinski definition) is 5. The van der Waals surface area contributed by atoms with Gasteiger partial charge < -0.3 is 4.42 Å². The first-order valence-electron chi connectivity index (χ1n) is 7.77. The van der Waals surface area contributed by atoms with Gasteiger partial charge in [-0.15, -0.1) is 11.3 Å². The van der Waals surface area contributed by atoms with E-state index in [2.05, 4.69) is 31.4 Å². The van der Waals surface area contributed by atoms with Crippen LogP contribution in [0.15, 0.2) is 68.2 Å². The van der Waals surface area contributed by atoms with Crippen LogP contribution in [0.5, 0.6) is 0 Å². The molecule has 0 atom stereocenters. The van der Waals surface area contributed by atoms with Gasteiger partial charge in [0.2, 0.25) is 5.91 Å². The zero-order valence-electron chi connectivity index (χ0n) is 13.4. The van der Waals surface area contributed by atoms with Gasteiger partial charge in [-0.2, -0.15) is 5.10 Å². The Bertz CT molecular complexity index is 1070. The second-order valence-electron chi connectivity index (χ2n) is 5.48. The van der Waals surface area contributed by atoms with Crippen molar-refractivity contribution in [2.24, 2.45) is 5.10 Å². The van der Waals surface area contributed by atoms with Gasteiger partial charge in [0.1, 0.15) is 11.5 Å². The van der Waals surface area contributed by atoms with Crippen LogP contribution < -0.4 is 5.43 Å². The third-order valence-corrected chi connectivity index (χ3v) is 5.09. The lowest BCUT2D eigenvalue weighted by Gasteiger charge is -1.99. The quantitative estimate of drug-likeness (QED) is 0.383. The first-order chi connectivity index (χ1) is 12.7. The van der Waals surface area contributed by atoms with E-state index in [0.717, 1.165) is 20.8 Å². The number of furan rings is 1. The number of hydrazone groups is 1. The van der Waals surface area contributed by atoms with Gasteiger partial charge in [-0.25, -0.2) is 10.4 Å². The number of thiazole rings is 1. The van der Waals surface area contributed by atoms with Crippen molar-refractivity contribution in [3.05, 3.63) is 70.1 Å². The number of imidazole rings is 1. The summed E-state index contributed by atoms with van der Waals surface area (Å²) in [7, 11) is 0. The topological polar surface area (TPSA) is 71.9 Å². The van der Waals surface area contributed by atoms with E-state index in [-0.39, 0.29) is 12.3 Å². The summed E-state index contributed by atoms with van der Waals surface area (Å²) in [5, 5.41) is 5.89. The van der Waals surface area contributed by atoms with Crippen LogP contribution in [0.1, 0.15) is 11.5 Å². The molecular formula is C18H13BrN4O2S. The second kappa shape index (κ2) is 7.27. The number of fused-ring (bicyclic) bond motifs is 1. The number of halogens is 1. The number of amides is 1. The number of carbonyl (C=O) groups is 1. The summed E-state index contributed by atoms with van der Waals surface area (Å²) in [6.45, 7) is 0. The minimum absolute atomic E-state index is 0.173. The van der Waals surface area contributed by atoms with Crippen LogP contribution in [0, 0.1) is 0 Å². The van der Waals surface area contributed by atoms with E-state index < -0.39 is 0 Å². The highest BCUT2D eigenvalue weighted by molar-refractivity contribution is 9.10. The van der Waals surface area contributed by atoms with Gasteiger partial charge in [-0.1, -0.05) is 34.1 Å². The predicted molar refractivity (Wildman–Crippen MR) is 104 cm³/mol. The summed E-state index contributed by atoms with van der Waals surface area (Å²) in [4.78, 5) is 17.2. The standard InChI is InChI=1S/C18H13BrN4O2S/c19-15-4-2-1-3-14(15)16-6-5-13(25-16)10-20-22-17(24)9-12-11-23-7-8-26-18(23)21-12/h1-8,10-11H,9H2,(H,22,24)/b20-10-. The van der Waals surface area contributed by atoms with Gasteiger partial charge in [0, 0.05) is 27.8 Å². The molecule has 0 bridgehead atoms. The van der Waals surface area contributed by atoms with E-state index in [9.17, 15) is 4.79 Å². The third kappa shape index (κ3) is 3.61. The van der Waals surface area contributed by atoms with Crippen molar-refractivity contribution in [3.63, 3.8) is 0 Å². The summed E-state index contributed by atoms with van der Waals surface area (Å²) >= 11 is 5.02. The molecule has 3 aromatic heterocycles. The lowest BCUT2D eigenvalue weighted by Crippen LogP contribution is -2.19. The van der Waals surface area contributed by atoms with Crippen molar-refractivity contribution >= 4 is 44.3 Å². The minimum atomic E-state index is -0.232. The average Bonchev–Trinajstić information content (AvgIpc) is 3.31. The van der Waals surface area contributed by atoms with Crippen molar-refractivity contribution in [1.29, 1.82) is 0 Å². The van der Waals surface area contributed by atoms with Crippen LogP contribution in [-0.2, 0) is 11.2 Å². The monoisotopic (exact) mass is 428 g/mol. The molecule has 0 saturated heterocycles. The lowest BCUT2D eigenvalue weighted by atomic mass is 10.2. The highest BCUT2D eigenvalue weighted by Crippen LogP contribution is 2.28. The molecule has 0 aliphatic heterocycles. The van der Waals surface area contributed by atoms with E-state index in [4.69, 9.17) is 4.42 Å². The van der Waals surface area contributed by atoms with Gasteiger partial charge in [0.05, 0.1) is 18.3 Å². The predicted octanol–water partition coefficient (Wildman–Crippen LogP) is 4.11. The van der Waals surface area contributed by atoms with Crippen LogP contribution >= 0.6 is 27.3 Å². The van der Waals surface area contributed by atoms with E-state index >= 15 is 0 Å². The molecule has 0 radical (unpaired) electrons. The Morgan fingerprint density at radius 2 is 2.23 bits per heavy atom. The molecule has 0 fully saturated rings. The van der Waals surface area contributed by atoms with Crippen molar-refractivity contribution in [2.75, 3.05) is 0 Å². The first-order valence-corrected chi connectivity index (χ1v) is 9.44. The summed E-state index contributed by atoms with van der Waals surface area (Å²) in [6.07, 6.45) is 5.40. The number of aromatic nitrogens is 2. The minimum Gasteiger partial charge on any atom is -0.455 e. The zero-order chi connectivity index (χ0) is 17.9. The van der Waals surface area contributed by atoms with Gasteiger partial charge in [-0.05, 0) is 18.2 Å². The second-order valence-corrected chi connectivity index (χ2v) is 7.20. The highest BCUT2D eigenvalue weighted by atomic mass is 79.9. The molecule has 8 heteroatoms. The number of benzene rings is 1. The molecular weight excluding hydrogens is 416 g/mol. The Balaban J connectivity index is 1.37. The fourth-order valence-electron chi connectivity index (χ4n) is 2.46. The smallest absolute Gasteiger partial charge is 0.246 e. The Hall–Kier alpha value is -2.71. The maximum absolute atomic E-state index is 12.0. The highest BCUT2D eigenvalue weighted by Gasteiger charge is 2.08. The Kier molecular flexibility index (Phi) is 4.68. The number of hydrogen-bond donors (Lipinski definition) is 1. The fourth-order valence-corrected chi connectivity index (χ4v) is 3.66. The van der Waals surface area contributed by atoms with Gasteiger partial charge in [0.15, 0.2) is 4.96 Å². The molecule has 1 aromatic carbocycles. The Morgan fingerprint density at radius 1 is 1.35 bits per heavy atom. The van der Waals surface area contributed by atoms with Crippen molar-refractivity contribution in [1.82, 2.24) is 14.8 Å². The number of carbonyl (C=O) groups excluding carboxylic acids is 1. The molecule has 1 N–H and O–H groups in total. The van der Waals surface area contributed by atoms with Gasteiger partial charge in [0.25, 0.3) is 0 Å². The molecule has 1 amide bonds. The SMILES string of the molecule is O=C(Cc1cn2ccsc2n1)N/N=C\c1ccc(-c2ccccc2Br)o1. The first kappa shape index (κ1) is 16.7. The molecule has 0 spiro atoms. The summed E-state index contributed by atoms with van der Waals surface area (Å²) in [5.74, 6) is 1.05. The van der Waals surface area contributed by atoms with Crippen LogP contribution in [-0.4, -0.2) is 21.5 Å². The number of nitrogens with zero attached hydrogens (tertiary/aromatic N) is 3. The van der Waals surface area contributed by atoms with Crippen molar-refractivity contribution in [3.8, 4) is 11.3 Å². The molecule has 4 rings (SSSR count). The van der Waals surface area contributed by atoms with Crippen LogP contribution in [0.4, 0.5) is 0 Å². The molecule has 0 aliphatic rings. The zero-order valence-corrected chi connectivity index (χ0v) is 15.8. The molecule has 4 aromatic rings. The van der Waals surface area contributed by atoms with Crippen molar-refractivity contribution < 1.29 is 9.21 Å². The Labute approximate surface area is 161 Å². The molecule has 0 aliphatic carbocycles.